The van der Waals surface area contributed by atoms with Crippen LogP contribution in [0.3, 0.4) is 0 Å². The van der Waals surface area contributed by atoms with Gasteiger partial charge in [0.15, 0.2) is 11.6 Å². The number of piperidine rings is 1. The van der Waals surface area contributed by atoms with E-state index in [-0.39, 0.29) is 0 Å². The second-order valence-corrected chi connectivity index (χ2v) is 5.52. The fourth-order valence-electron chi connectivity index (χ4n) is 2.53. The first-order valence-corrected chi connectivity index (χ1v) is 7.30. The van der Waals surface area contributed by atoms with E-state index in [0.717, 1.165) is 43.5 Å². The van der Waals surface area contributed by atoms with Crippen LogP contribution in [0.5, 0.6) is 0 Å². The minimum Gasteiger partial charge on any atom is -0.340 e. The summed E-state index contributed by atoms with van der Waals surface area (Å²) >= 11 is 0. The standard InChI is InChI=1S/C17H17F2N3/c1-12-10-20-17(21-11-12)22-6-4-13(5-7-22)8-14-2-3-15(18)16(19)9-14/h2-3,8-11H,4-7H2,1H3. The van der Waals surface area contributed by atoms with Crippen molar-refractivity contribution >= 4 is 12.0 Å². The Bertz CT molecular complexity index is 686. The van der Waals surface area contributed by atoms with Gasteiger partial charge in [-0.2, -0.15) is 0 Å². The van der Waals surface area contributed by atoms with Crippen LogP contribution in [-0.4, -0.2) is 23.1 Å². The maximum Gasteiger partial charge on any atom is 0.225 e. The zero-order chi connectivity index (χ0) is 15.5. The SMILES string of the molecule is Cc1cnc(N2CCC(=Cc3ccc(F)c(F)c3)CC2)nc1. The van der Waals surface area contributed by atoms with Crippen LogP contribution in [0.4, 0.5) is 14.7 Å². The molecule has 3 rings (SSSR count). The van der Waals surface area contributed by atoms with Gasteiger partial charge in [0.05, 0.1) is 0 Å². The highest BCUT2D eigenvalue weighted by molar-refractivity contribution is 5.54. The van der Waals surface area contributed by atoms with Crippen LogP contribution < -0.4 is 4.90 Å². The van der Waals surface area contributed by atoms with Gasteiger partial charge in [0.1, 0.15) is 0 Å². The van der Waals surface area contributed by atoms with E-state index in [2.05, 4.69) is 14.9 Å². The molecule has 0 unspecified atom stereocenters. The van der Waals surface area contributed by atoms with Crippen LogP contribution in [0.2, 0.25) is 0 Å². The number of halogens is 2. The van der Waals surface area contributed by atoms with Crippen LogP contribution in [0.1, 0.15) is 24.0 Å². The average Bonchev–Trinajstić information content (AvgIpc) is 2.53. The summed E-state index contributed by atoms with van der Waals surface area (Å²) in [6, 6.07) is 4.00. The van der Waals surface area contributed by atoms with Gasteiger partial charge in [-0.1, -0.05) is 17.7 Å². The third kappa shape index (κ3) is 3.30. The molecular formula is C17H17F2N3. The molecule has 0 N–H and O–H groups in total. The average molecular weight is 301 g/mol. The summed E-state index contributed by atoms with van der Waals surface area (Å²) in [6.45, 7) is 3.62. The van der Waals surface area contributed by atoms with Gasteiger partial charge < -0.3 is 4.90 Å². The molecule has 3 nitrogen and oxygen atoms in total. The lowest BCUT2D eigenvalue weighted by Gasteiger charge is -2.28. The van der Waals surface area contributed by atoms with Gasteiger partial charge in [0.25, 0.3) is 0 Å². The first-order valence-electron chi connectivity index (χ1n) is 7.30. The van der Waals surface area contributed by atoms with Gasteiger partial charge >= 0.3 is 0 Å². The number of aromatic nitrogens is 2. The molecular weight excluding hydrogens is 284 g/mol. The van der Waals surface area contributed by atoms with Crippen molar-refractivity contribution in [3.8, 4) is 0 Å². The van der Waals surface area contributed by atoms with E-state index in [1.54, 1.807) is 6.07 Å². The fraction of sp³-hybridized carbons (Fsp3) is 0.294. The smallest absolute Gasteiger partial charge is 0.225 e. The molecule has 0 atom stereocenters. The maximum atomic E-state index is 13.2. The van der Waals surface area contributed by atoms with E-state index in [4.69, 9.17) is 0 Å². The molecule has 0 aliphatic carbocycles. The molecule has 2 aromatic rings. The Kier molecular flexibility index (Phi) is 4.13. The minimum absolute atomic E-state index is 0.703. The lowest BCUT2D eigenvalue weighted by Crippen LogP contribution is -2.31. The number of hydrogen-bond acceptors (Lipinski definition) is 3. The van der Waals surface area contributed by atoms with Gasteiger partial charge in [-0.15, -0.1) is 0 Å². The molecule has 0 saturated carbocycles. The molecule has 1 aromatic carbocycles. The van der Waals surface area contributed by atoms with Crippen molar-refractivity contribution in [1.82, 2.24) is 9.97 Å². The molecule has 0 amide bonds. The van der Waals surface area contributed by atoms with Crippen molar-refractivity contribution in [3.05, 3.63) is 58.9 Å². The highest BCUT2D eigenvalue weighted by atomic mass is 19.2. The summed E-state index contributed by atoms with van der Waals surface area (Å²) in [5.41, 5.74) is 2.97. The second-order valence-electron chi connectivity index (χ2n) is 5.52. The summed E-state index contributed by atoms with van der Waals surface area (Å²) in [4.78, 5) is 10.8. The highest BCUT2D eigenvalue weighted by Crippen LogP contribution is 2.22. The summed E-state index contributed by atoms with van der Waals surface area (Å²) in [7, 11) is 0. The van der Waals surface area contributed by atoms with Crippen molar-refractivity contribution < 1.29 is 8.78 Å². The number of nitrogens with zero attached hydrogens (tertiary/aromatic N) is 3. The predicted octanol–water partition coefficient (Wildman–Crippen LogP) is 3.75. The van der Waals surface area contributed by atoms with Crippen LogP contribution in [0.25, 0.3) is 6.08 Å². The molecule has 0 spiro atoms. The van der Waals surface area contributed by atoms with Crippen molar-refractivity contribution in [2.75, 3.05) is 18.0 Å². The monoisotopic (exact) mass is 301 g/mol. The zero-order valence-corrected chi connectivity index (χ0v) is 12.4. The lowest BCUT2D eigenvalue weighted by molar-refractivity contribution is 0.508. The van der Waals surface area contributed by atoms with Crippen molar-refractivity contribution in [3.63, 3.8) is 0 Å². The Hall–Kier alpha value is -2.30. The maximum absolute atomic E-state index is 13.2. The normalized spacial score (nSPS) is 15.0. The third-order valence-electron chi connectivity index (χ3n) is 3.77. The number of aryl methyl sites for hydroxylation is 1. The topological polar surface area (TPSA) is 29.0 Å². The first kappa shape index (κ1) is 14.6. The second kappa shape index (κ2) is 6.22. The van der Waals surface area contributed by atoms with E-state index in [9.17, 15) is 8.78 Å². The fourth-order valence-corrected chi connectivity index (χ4v) is 2.53. The van der Waals surface area contributed by atoms with Gasteiger partial charge in [0.2, 0.25) is 5.95 Å². The summed E-state index contributed by atoms with van der Waals surface area (Å²) in [5.74, 6) is -0.870. The van der Waals surface area contributed by atoms with E-state index < -0.39 is 11.6 Å². The van der Waals surface area contributed by atoms with E-state index in [1.165, 1.54) is 11.6 Å². The van der Waals surface area contributed by atoms with E-state index >= 15 is 0 Å². The van der Waals surface area contributed by atoms with Crippen LogP contribution in [-0.2, 0) is 0 Å². The van der Waals surface area contributed by atoms with Gasteiger partial charge in [-0.3, -0.25) is 0 Å². The number of hydrogen-bond donors (Lipinski definition) is 0. The molecule has 0 radical (unpaired) electrons. The number of benzene rings is 1. The van der Waals surface area contributed by atoms with E-state index in [1.807, 2.05) is 25.4 Å². The molecule has 1 aliphatic rings. The van der Waals surface area contributed by atoms with Crippen molar-refractivity contribution in [2.24, 2.45) is 0 Å². The molecule has 114 valence electrons. The molecule has 1 fully saturated rings. The van der Waals surface area contributed by atoms with Crippen LogP contribution in [0, 0.1) is 18.6 Å². The number of anilines is 1. The number of rotatable bonds is 2. The van der Waals surface area contributed by atoms with Gasteiger partial charge in [-0.05, 0) is 43.0 Å². The van der Waals surface area contributed by atoms with Crippen LogP contribution in [0.15, 0.2) is 36.2 Å². The largest absolute Gasteiger partial charge is 0.340 e. The minimum atomic E-state index is -0.812. The van der Waals surface area contributed by atoms with Crippen molar-refractivity contribution in [2.45, 2.75) is 19.8 Å². The molecule has 1 saturated heterocycles. The van der Waals surface area contributed by atoms with E-state index in [0.29, 0.717) is 5.56 Å². The Labute approximate surface area is 128 Å². The predicted molar refractivity (Wildman–Crippen MR) is 82.6 cm³/mol. The molecule has 1 aliphatic heterocycles. The summed E-state index contributed by atoms with van der Waals surface area (Å²) < 4.78 is 26.1. The molecule has 1 aromatic heterocycles. The molecule has 5 heteroatoms. The van der Waals surface area contributed by atoms with Crippen LogP contribution >= 0.6 is 0 Å². The van der Waals surface area contributed by atoms with Crippen molar-refractivity contribution in [1.29, 1.82) is 0 Å². The zero-order valence-electron chi connectivity index (χ0n) is 12.4. The van der Waals surface area contributed by atoms with Gasteiger partial charge in [0, 0.05) is 25.5 Å². The molecule has 0 bridgehead atoms. The first-order chi connectivity index (χ1) is 10.6. The quantitative estimate of drug-likeness (QED) is 0.846. The molecule has 2 heterocycles. The summed E-state index contributed by atoms with van der Waals surface area (Å²) in [5, 5.41) is 0. The Morgan fingerprint density at radius 2 is 1.73 bits per heavy atom. The molecule has 22 heavy (non-hydrogen) atoms. The Balaban J connectivity index is 1.67. The highest BCUT2D eigenvalue weighted by Gasteiger charge is 2.16. The Morgan fingerprint density at radius 1 is 1.05 bits per heavy atom. The summed E-state index contributed by atoms with van der Waals surface area (Å²) in [6.07, 6.45) is 7.31. The lowest BCUT2D eigenvalue weighted by atomic mass is 10.0. The Morgan fingerprint density at radius 3 is 2.36 bits per heavy atom. The third-order valence-corrected chi connectivity index (χ3v) is 3.77. The van der Waals surface area contributed by atoms with Gasteiger partial charge in [-0.25, -0.2) is 18.7 Å².